The van der Waals surface area contributed by atoms with Gasteiger partial charge in [-0.1, -0.05) is 41.4 Å². The maximum atomic E-state index is 13.3. The summed E-state index contributed by atoms with van der Waals surface area (Å²) in [6, 6.07) is 14.5. The van der Waals surface area contributed by atoms with E-state index in [1.807, 2.05) is 0 Å². The number of pyridine rings is 1. The van der Waals surface area contributed by atoms with E-state index in [-0.39, 0.29) is 15.7 Å². The van der Waals surface area contributed by atoms with Crippen molar-refractivity contribution in [3.63, 3.8) is 0 Å². The third-order valence-corrected chi connectivity index (χ3v) is 6.91. The van der Waals surface area contributed by atoms with Crippen LogP contribution in [0.2, 0.25) is 10.0 Å². The molecule has 0 spiro atoms. The van der Waals surface area contributed by atoms with E-state index in [0.717, 1.165) is 3.97 Å². The first-order valence-electron chi connectivity index (χ1n) is 8.81. The SMILES string of the molecule is O=C(/C=C/c1cn(S(=O)(=O)c2ccc(Cl)cc2Cl)c2ccccc12)c1ccncc1. The Labute approximate surface area is 183 Å². The normalized spacial score (nSPS) is 11.9. The minimum Gasteiger partial charge on any atom is -0.289 e. The lowest BCUT2D eigenvalue weighted by molar-refractivity contribution is 0.104. The van der Waals surface area contributed by atoms with E-state index < -0.39 is 10.0 Å². The number of rotatable bonds is 5. The van der Waals surface area contributed by atoms with Crippen LogP contribution in [0.3, 0.4) is 0 Å². The lowest BCUT2D eigenvalue weighted by atomic mass is 10.1. The Hall–Kier alpha value is -2.93. The molecule has 8 heteroatoms. The molecule has 30 heavy (non-hydrogen) atoms. The zero-order valence-corrected chi connectivity index (χ0v) is 17.7. The number of benzene rings is 2. The summed E-state index contributed by atoms with van der Waals surface area (Å²) in [5.41, 5.74) is 1.55. The van der Waals surface area contributed by atoms with Crippen LogP contribution in [0.15, 0.2) is 84.2 Å². The van der Waals surface area contributed by atoms with Gasteiger partial charge in [-0.3, -0.25) is 9.78 Å². The Bertz CT molecular complexity index is 1390. The first-order chi connectivity index (χ1) is 14.4. The molecule has 0 N–H and O–H groups in total. The van der Waals surface area contributed by atoms with Gasteiger partial charge in [-0.15, -0.1) is 0 Å². The maximum absolute atomic E-state index is 13.3. The van der Waals surface area contributed by atoms with Gasteiger partial charge in [0.05, 0.1) is 10.5 Å². The Morgan fingerprint density at radius 2 is 1.73 bits per heavy atom. The predicted octanol–water partition coefficient (Wildman–Crippen LogP) is 5.48. The van der Waals surface area contributed by atoms with E-state index in [1.165, 1.54) is 42.9 Å². The second kappa shape index (κ2) is 8.07. The summed E-state index contributed by atoms with van der Waals surface area (Å²) in [5.74, 6) is -0.210. The summed E-state index contributed by atoms with van der Waals surface area (Å²) in [7, 11) is -3.98. The number of hydrogen-bond acceptors (Lipinski definition) is 4. The molecule has 0 atom stereocenters. The average molecular weight is 457 g/mol. The van der Waals surface area contributed by atoms with Crippen molar-refractivity contribution in [2.24, 2.45) is 0 Å². The number of aromatic nitrogens is 2. The smallest absolute Gasteiger partial charge is 0.269 e. The number of ketones is 1. The highest BCUT2D eigenvalue weighted by atomic mass is 35.5. The Morgan fingerprint density at radius 3 is 2.47 bits per heavy atom. The molecule has 4 aromatic rings. The molecule has 5 nitrogen and oxygen atoms in total. The highest BCUT2D eigenvalue weighted by molar-refractivity contribution is 7.90. The van der Waals surface area contributed by atoms with Crippen LogP contribution in [0, 0.1) is 0 Å². The van der Waals surface area contributed by atoms with Gasteiger partial charge >= 0.3 is 0 Å². The molecule has 4 rings (SSSR count). The van der Waals surface area contributed by atoms with Gasteiger partial charge < -0.3 is 0 Å². The van der Waals surface area contributed by atoms with Gasteiger partial charge in [0.2, 0.25) is 0 Å². The zero-order valence-electron chi connectivity index (χ0n) is 15.4. The maximum Gasteiger partial charge on any atom is 0.269 e. The molecule has 2 heterocycles. The first kappa shape index (κ1) is 20.3. The number of carbonyl (C=O) groups excluding carboxylic acids is 1. The van der Waals surface area contributed by atoms with E-state index >= 15 is 0 Å². The topological polar surface area (TPSA) is 69.0 Å². The molecule has 2 aromatic carbocycles. The number of allylic oxidation sites excluding steroid dienone is 1. The van der Waals surface area contributed by atoms with Crippen molar-refractivity contribution in [2.75, 3.05) is 0 Å². The fourth-order valence-corrected chi connectivity index (χ4v) is 5.20. The van der Waals surface area contributed by atoms with E-state index in [9.17, 15) is 13.2 Å². The van der Waals surface area contributed by atoms with Gasteiger partial charge in [0.15, 0.2) is 5.78 Å². The molecule has 0 aliphatic rings. The molecule has 0 saturated heterocycles. The monoisotopic (exact) mass is 456 g/mol. The van der Waals surface area contributed by atoms with Crippen LogP contribution >= 0.6 is 23.2 Å². The van der Waals surface area contributed by atoms with Crippen molar-refractivity contribution in [3.05, 3.63) is 100 Å². The quantitative estimate of drug-likeness (QED) is 0.294. The van der Waals surface area contributed by atoms with E-state index in [0.29, 0.717) is 27.1 Å². The molecule has 0 amide bonds. The number of fused-ring (bicyclic) bond motifs is 1. The summed E-state index contributed by atoms with van der Waals surface area (Å²) in [4.78, 5) is 16.2. The number of carbonyl (C=O) groups is 1. The third kappa shape index (κ3) is 3.77. The number of hydrogen-bond donors (Lipinski definition) is 0. The largest absolute Gasteiger partial charge is 0.289 e. The highest BCUT2D eigenvalue weighted by Crippen LogP contribution is 2.31. The minimum atomic E-state index is -3.98. The average Bonchev–Trinajstić information content (AvgIpc) is 3.12. The molecule has 0 radical (unpaired) electrons. The lowest BCUT2D eigenvalue weighted by Crippen LogP contribution is -2.12. The first-order valence-corrected chi connectivity index (χ1v) is 11.0. The molecule has 150 valence electrons. The number of nitrogens with zero attached hydrogens (tertiary/aromatic N) is 2. The highest BCUT2D eigenvalue weighted by Gasteiger charge is 2.23. The fourth-order valence-electron chi connectivity index (χ4n) is 3.08. The van der Waals surface area contributed by atoms with Gasteiger partial charge in [-0.05, 0) is 48.6 Å². The molecule has 0 fully saturated rings. The number of halogens is 2. The molecule has 0 bridgehead atoms. The van der Waals surface area contributed by atoms with E-state index in [1.54, 1.807) is 42.5 Å². The third-order valence-electron chi connectivity index (χ3n) is 4.52. The van der Waals surface area contributed by atoms with Crippen molar-refractivity contribution in [3.8, 4) is 0 Å². The Balaban J connectivity index is 1.81. The second-order valence-electron chi connectivity index (χ2n) is 6.41. The molecule has 0 saturated carbocycles. The molecule has 0 aliphatic heterocycles. The van der Waals surface area contributed by atoms with E-state index in [4.69, 9.17) is 23.2 Å². The lowest BCUT2D eigenvalue weighted by Gasteiger charge is -2.09. The fraction of sp³-hybridized carbons (Fsp3) is 0. The van der Waals surface area contributed by atoms with Crippen molar-refractivity contribution in [1.29, 1.82) is 0 Å². The van der Waals surface area contributed by atoms with Gasteiger partial charge in [-0.25, -0.2) is 12.4 Å². The van der Waals surface area contributed by atoms with Crippen LogP contribution in [-0.4, -0.2) is 23.2 Å². The zero-order chi connectivity index (χ0) is 21.3. The Morgan fingerprint density at radius 1 is 1.00 bits per heavy atom. The molecular formula is C22H14Cl2N2O3S. The van der Waals surface area contributed by atoms with Gasteiger partial charge in [0.25, 0.3) is 10.0 Å². The van der Waals surface area contributed by atoms with Crippen LogP contribution < -0.4 is 0 Å². The summed E-state index contributed by atoms with van der Waals surface area (Å²) < 4.78 is 27.7. The van der Waals surface area contributed by atoms with Gasteiger partial charge in [0, 0.05) is 40.1 Å². The van der Waals surface area contributed by atoms with Crippen LogP contribution in [0.25, 0.3) is 17.0 Å². The molecule has 0 aliphatic carbocycles. The predicted molar refractivity (Wildman–Crippen MR) is 119 cm³/mol. The van der Waals surface area contributed by atoms with Crippen LogP contribution in [-0.2, 0) is 10.0 Å². The van der Waals surface area contributed by atoms with Gasteiger partial charge in [-0.2, -0.15) is 0 Å². The minimum absolute atomic E-state index is 0.0326. The summed E-state index contributed by atoms with van der Waals surface area (Å²) in [6.45, 7) is 0. The van der Waals surface area contributed by atoms with E-state index in [2.05, 4.69) is 4.98 Å². The van der Waals surface area contributed by atoms with Crippen molar-refractivity contribution < 1.29 is 13.2 Å². The molecule has 0 unspecified atom stereocenters. The second-order valence-corrected chi connectivity index (χ2v) is 9.04. The molecule has 2 aromatic heterocycles. The summed E-state index contributed by atoms with van der Waals surface area (Å²) in [5, 5.41) is 1.06. The standard InChI is InChI=1S/C22H14Cl2N2O3S/c23-17-6-8-22(19(24)13-17)30(28,29)26-14-16(18-3-1-2-4-20(18)26)5-7-21(27)15-9-11-25-12-10-15/h1-14H/b7-5+. The van der Waals surface area contributed by atoms with Crippen LogP contribution in [0.1, 0.15) is 15.9 Å². The van der Waals surface area contributed by atoms with Crippen LogP contribution in [0.5, 0.6) is 0 Å². The van der Waals surface area contributed by atoms with Crippen molar-refractivity contribution >= 4 is 56.0 Å². The summed E-state index contributed by atoms with van der Waals surface area (Å²) >= 11 is 12.1. The molecular weight excluding hydrogens is 443 g/mol. The van der Waals surface area contributed by atoms with Crippen LogP contribution in [0.4, 0.5) is 0 Å². The van der Waals surface area contributed by atoms with Gasteiger partial charge in [0.1, 0.15) is 4.90 Å². The Kier molecular flexibility index (Phi) is 5.47. The van der Waals surface area contributed by atoms with Crippen molar-refractivity contribution in [2.45, 2.75) is 4.90 Å². The summed E-state index contributed by atoms with van der Waals surface area (Å²) in [6.07, 6.45) is 7.55. The van der Waals surface area contributed by atoms with Crippen molar-refractivity contribution in [1.82, 2.24) is 8.96 Å². The number of para-hydroxylation sites is 1.